The van der Waals surface area contributed by atoms with Gasteiger partial charge in [0.05, 0.1) is 25.2 Å². The Labute approximate surface area is 116 Å². The fourth-order valence-corrected chi connectivity index (χ4v) is 2.58. The lowest BCUT2D eigenvalue weighted by Crippen LogP contribution is -2.17. The maximum atomic E-state index is 13.8. The fraction of sp³-hybridized carbons (Fsp3) is 0.500. The van der Waals surface area contributed by atoms with E-state index < -0.39 is 11.9 Å². The van der Waals surface area contributed by atoms with Gasteiger partial charge in [-0.2, -0.15) is 0 Å². The molecule has 20 heavy (non-hydrogen) atoms. The van der Waals surface area contributed by atoms with Gasteiger partial charge >= 0.3 is 5.97 Å². The van der Waals surface area contributed by atoms with Crippen molar-refractivity contribution in [1.82, 2.24) is 5.32 Å². The van der Waals surface area contributed by atoms with Crippen molar-refractivity contribution in [1.29, 1.82) is 0 Å². The van der Waals surface area contributed by atoms with E-state index in [4.69, 9.17) is 14.6 Å². The van der Waals surface area contributed by atoms with E-state index in [1.165, 1.54) is 20.3 Å². The third-order valence-electron chi connectivity index (χ3n) is 3.58. The van der Waals surface area contributed by atoms with Crippen LogP contribution in [0.1, 0.15) is 23.6 Å². The molecule has 5 nitrogen and oxygen atoms in total. The number of methoxy groups -OCH3 is 2. The summed E-state index contributed by atoms with van der Waals surface area (Å²) in [5.74, 6) is -1.21. The van der Waals surface area contributed by atoms with Gasteiger partial charge in [0, 0.05) is 25.3 Å². The molecule has 2 atom stereocenters. The molecule has 1 aromatic carbocycles. The van der Waals surface area contributed by atoms with Crippen LogP contribution in [0.2, 0.25) is 0 Å². The highest BCUT2D eigenvalue weighted by Crippen LogP contribution is 2.36. The Balaban J connectivity index is 2.32. The monoisotopic (exact) mass is 283 g/mol. The molecule has 0 bridgehead atoms. The molecule has 0 aromatic heterocycles. The average Bonchev–Trinajstić information content (AvgIpc) is 2.90. The number of carbonyl (C=O) groups is 1. The normalized spacial score (nSPS) is 21.9. The van der Waals surface area contributed by atoms with E-state index in [0.717, 1.165) is 5.56 Å². The highest BCUT2D eigenvalue weighted by atomic mass is 19.1. The molecular weight excluding hydrogens is 265 g/mol. The van der Waals surface area contributed by atoms with Gasteiger partial charge in [0.2, 0.25) is 0 Å². The van der Waals surface area contributed by atoms with Crippen molar-refractivity contribution in [3.63, 3.8) is 0 Å². The number of nitrogens with one attached hydrogen (secondary N) is 1. The van der Waals surface area contributed by atoms with Gasteiger partial charge in [0.25, 0.3) is 0 Å². The van der Waals surface area contributed by atoms with E-state index in [1.807, 2.05) is 0 Å². The quantitative estimate of drug-likeness (QED) is 0.861. The number of benzene rings is 1. The molecule has 0 radical (unpaired) electrons. The van der Waals surface area contributed by atoms with E-state index >= 15 is 0 Å². The van der Waals surface area contributed by atoms with Crippen LogP contribution in [0.3, 0.4) is 0 Å². The number of carboxylic acids is 1. The van der Waals surface area contributed by atoms with Crippen molar-refractivity contribution >= 4 is 5.97 Å². The van der Waals surface area contributed by atoms with Crippen molar-refractivity contribution in [3.05, 3.63) is 29.1 Å². The van der Waals surface area contributed by atoms with Crippen LogP contribution in [-0.4, -0.2) is 31.8 Å². The van der Waals surface area contributed by atoms with Gasteiger partial charge in [-0.05, 0) is 12.5 Å². The van der Waals surface area contributed by atoms with Crippen LogP contribution in [0.25, 0.3) is 0 Å². The van der Waals surface area contributed by atoms with Crippen molar-refractivity contribution in [2.75, 3.05) is 20.8 Å². The summed E-state index contributed by atoms with van der Waals surface area (Å²) in [6.07, 6.45) is 0.462. The summed E-state index contributed by atoms with van der Waals surface area (Å²) in [5, 5.41) is 12.2. The molecule has 6 heteroatoms. The number of rotatable bonds is 5. The summed E-state index contributed by atoms with van der Waals surface area (Å²) in [5.41, 5.74) is 1.12. The van der Waals surface area contributed by atoms with E-state index in [0.29, 0.717) is 24.3 Å². The van der Waals surface area contributed by atoms with Crippen LogP contribution in [0, 0.1) is 11.7 Å². The standard InChI is InChI=1S/C14H18FNO4/c1-19-7-10-11(15)4-3-9(13(10)20-2)12-5-8(6-16-12)14(17)18/h3-4,8,12,16H,5-7H2,1-2H3,(H,17,18). The third kappa shape index (κ3) is 2.76. The minimum Gasteiger partial charge on any atom is -0.496 e. The van der Waals surface area contributed by atoms with Crippen molar-refractivity contribution in [2.24, 2.45) is 5.92 Å². The Kier molecular flexibility index (Phi) is 4.57. The zero-order valence-corrected chi connectivity index (χ0v) is 11.5. The number of ether oxygens (including phenoxy) is 2. The van der Waals surface area contributed by atoms with Gasteiger partial charge in [0.15, 0.2) is 0 Å². The summed E-state index contributed by atoms with van der Waals surface area (Å²) in [6, 6.07) is 2.85. The molecule has 2 rings (SSSR count). The number of hydrogen-bond donors (Lipinski definition) is 2. The molecule has 0 amide bonds. The highest BCUT2D eigenvalue weighted by molar-refractivity contribution is 5.71. The molecule has 110 valence electrons. The first-order chi connectivity index (χ1) is 9.58. The smallest absolute Gasteiger partial charge is 0.307 e. The lowest BCUT2D eigenvalue weighted by Gasteiger charge is -2.18. The minimum atomic E-state index is -0.821. The van der Waals surface area contributed by atoms with Gasteiger partial charge in [0.1, 0.15) is 11.6 Å². The van der Waals surface area contributed by atoms with E-state index in [2.05, 4.69) is 5.32 Å². The summed E-state index contributed by atoms with van der Waals surface area (Å²) in [7, 11) is 2.96. The van der Waals surface area contributed by atoms with Crippen molar-refractivity contribution < 1.29 is 23.8 Å². The predicted octanol–water partition coefficient (Wildman–Crippen LogP) is 1.72. The second kappa shape index (κ2) is 6.19. The SMILES string of the molecule is COCc1c(F)ccc(C2CC(C(=O)O)CN2)c1OC. The summed E-state index contributed by atoms with van der Waals surface area (Å²) < 4.78 is 24.1. The zero-order valence-electron chi connectivity index (χ0n) is 11.5. The second-order valence-corrected chi connectivity index (χ2v) is 4.81. The first-order valence-electron chi connectivity index (χ1n) is 6.38. The largest absolute Gasteiger partial charge is 0.496 e. The van der Waals surface area contributed by atoms with Crippen LogP contribution in [-0.2, 0) is 16.1 Å². The molecule has 1 aliphatic rings. The predicted molar refractivity (Wildman–Crippen MR) is 70.2 cm³/mol. The maximum absolute atomic E-state index is 13.8. The number of carboxylic acid groups (broad SMARTS) is 1. The molecule has 1 saturated heterocycles. The van der Waals surface area contributed by atoms with Gasteiger partial charge in [-0.25, -0.2) is 4.39 Å². The Morgan fingerprint density at radius 2 is 2.25 bits per heavy atom. The number of aliphatic carboxylic acids is 1. The van der Waals surface area contributed by atoms with E-state index in [1.54, 1.807) is 6.07 Å². The maximum Gasteiger partial charge on any atom is 0.307 e. The average molecular weight is 283 g/mol. The molecule has 1 aromatic rings. The van der Waals surface area contributed by atoms with E-state index in [-0.39, 0.29) is 18.5 Å². The first-order valence-corrected chi connectivity index (χ1v) is 6.38. The molecule has 1 aliphatic heterocycles. The van der Waals surface area contributed by atoms with Gasteiger partial charge < -0.3 is 19.9 Å². The third-order valence-corrected chi connectivity index (χ3v) is 3.58. The van der Waals surface area contributed by atoms with Gasteiger partial charge in [-0.1, -0.05) is 6.07 Å². The Hall–Kier alpha value is -1.66. The molecular formula is C14H18FNO4. The van der Waals surface area contributed by atoms with Crippen molar-refractivity contribution in [3.8, 4) is 5.75 Å². The molecule has 0 aliphatic carbocycles. The summed E-state index contributed by atoms with van der Waals surface area (Å²) in [6.45, 7) is 0.512. The summed E-state index contributed by atoms with van der Waals surface area (Å²) in [4.78, 5) is 11.0. The number of halogens is 1. The van der Waals surface area contributed by atoms with Crippen LogP contribution in [0.15, 0.2) is 12.1 Å². The Morgan fingerprint density at radius 3 is 2.80 bits per heavy atom. The fourth-order valence-electron chi connectivity index (χ4n) is 2.58. The van der Waals surface area contributed by atoms with Crippen LogP contribution in [0.4, 0.5) is 4.39 Å². The van der Waals surface area contributed by atoms with Crippen LogP contribution < -0.4 is 10.1 Å². The van der Waals surface area contributed by atoms with Crippen molar-refractivity contribution in [2.45, 2.75) is 19.1 Å². The number of hydrogen-bond acceptors (Lipinski definition) is 4. The molecule has 1 fully saturated rings. The topological polar surface area (TPSA) is 67.8 Å². The molecule has 1 heterocycles. The van der Waals surface area contributed by atoms with Crippen LogP contribution in [0.5, 0.6) is 5.75 Å². The lowest BCUT2D eigenvalue weighted by molar-refractivity contribution is -0.141. The second-order valence-electron chi connectivity index (χ2n) is 4.81. The molecule has 0 spiro atoms. The lowest BCUT2D eigenvalue weighted by atomic mass is 9.97. The molecule has 0 saturated carbocycles. The molecule has 2 N–H and O–H groups in total. The highest BCUT2D eigenvalue weighted by Gasteiger charge is 2.32. The molecule has 2 unspecified atom stereocenters. The minimum absolute atomic E-state index is 0.109. The zero-order chi connectivity index (χ0) is 14.7. The summed E-state index contributed by atoms with van der Waals surface area (Å²) >= 11 is 0. The van der Waals surface area contributed by atoms with Gasteiger partial charge in [-0.15, -0.1) is 0 Å². The van der Waals surface area contributed by atoms with Gasteiger partial charge in [-0.3, -0.25) is 4.79 Å². The Bertz CT molecular complexity index is 506. The van der Waals surface area contributed by atoms with E-state index in [9.17, 15) is 9.18 Å². The van der Waals surface area contributed by atoms with Crippen LogP contribution >= 0.6 is 0 Å². The Morgan fingerprint density at radius 1 is 1.50 bits per heavy atom. The first kappa shape index (κ1) is 14.7.